The molecule has 1 saturated heterocycles. The minimum absolute atomic E-state index is 0.0761. The normalized spacial score (nSPS) is 23.0. The number of hydroxylamine groups is 1. The van der Waals surface area contributed by atoms with Crippen LogP contribution in [-0.4, -0.2) is 56.8 Å². The number of carbonyl (C=O) groups is 1. The minimum atomic E-state index is -3.63. The monoisotopic (exact) mass is 543 g/mol. The van der Waals surface area contributed by atoms with Gasteiger partial charge in [-0.15, -0.1) is 0 Å². The number of piperidine rings is 1. The molecule has 38 heavy (non-hydrogen) atoms. The molecule has 2 aliphatic heterocycles. The minimum Gasteiger partial charge on any atom is -0.497 e. The highest BCUT2D eigenvalue weighted by Gasteiger charge is 2.43. The SMILES string of the molecule is COc1ccc(S(=O)(=O)N2CCC3(C=C(OC(=O)NC4CCCC4OCc4ccccc4)NO3)CC2)cc1. The summed E-state index contributed by atoms with van der Waals surface area (Å²) in [6, 6.07) is 16.1. The molecule has 1 aliphatic carbocycles. The van der Waals surface area contributed by atoms with Gasteiger partial charge in [0.2, 0.25) is 15.9 Å². The Balaban J connectivity index is 1.12. The molecule has 1 amide bonds. The predicted molar refractivity (Wildman–Crippen MR) is 138 cm³/mol. The molecule has 2 aromatic rings. The fourth-order valence-corrected chi connectivity index (χ4v) is 6.54. The molecule has 1 saturated carbocycles. The van der Waals surface area contributed by atoms with Crippen LogP contribution in [0.5, 0.6) is 5.75 Å². The van der Waals surface area contributed by atoms with Crippen molar-refractivity contribution < 1.29 is 32.3 Å². The number of hydrogen-bond donors (Lipinski definition) is 2. The maximum Gasteiger partial charge on any atom is 0.414 e. The summed E-state index contributed by atoms with van der Waals surface area (Å²) in [6.45, 7) is 1.04. The fraction of sp³-hybridized carbons (Fsp3) is 0.444. The summed E-state index contributed by atoms with van der Waals surface area (Å²) in [4.78, 5) is 18.6. The first kappa shape index (κ1) is 26.5. The average Bonchev–Trinajstić information content (AvgIpc) is 3.54. The first-order valence-corrected chi connectivity index (χ1v) is 14.3. The third kappa shape index (κ3) is 5.96. The standard InChI is InChI=1S/C27H33N3O7S/c1-34-21-10-12-22(13-11-21)38(32,33)30-16-14-27(15-17-30)18-25(29-37-27)36-26(31)28-23-8-5-9-24(23)35-19-20-6-3-2-4-7-20/h2-4,6-7,10-13,18,23-24,29H,5,8-9,14-17,19H2,1H3,(H,28,31). The van der Waals surface area contributed by atoms with Gasteiger partial charge in [0, 0.05) is 19.2 Å². The number of amides is 1. The van der Waals surface area contributed by atoms with Crippen LogP contribution >= 0.6 is 0 Å². The highest BCUT2D eigenvalue weighted by molar-refractivity contribution is 7.89. The smallest absolute Gasteiger partial charge is 0.414 e. The molecule has 2 N–H and O–H groups in total. The average molecular weight is 544 g/mol. The number of ether oxygens (including phenoxy) is 3. The number of benzene rings is 2. The molecule has 2 unspecified atom stereocenters. The van der Waals surface area contributed by atoms with E-state index in [2.05, 4.69) is 10.8 Å². The van der Waals surface area contributed by atoms with Gasteiger partial charge in [-0.3, -0.25) is 4.84 Å². The second kappa shape index (κ2) is 11.3. The molecule has 0 aromatic heterocycles. The van der Waals surface area contributed by atoms with Crippen molar-refractivity contribution in [2.24, 2.45) is 0 Å². The van der Waals surface area contributed by atoms with Gasteiger partial charge in [-0.1, -0.05) is 30.3 Å². The number of carbonyl (C=O) groups excluding carboxylic acids is 1. The van der Waals surface area contributed by atoms with Gasteiger partial charge in [-0.25, -0.2) is 18.7 Å². The Bertz CT molecular complexity index is 1240. The molecule has 1 spiro atoms. The van der Waals surface area contributed by atoms with Crippen LogP contribution in [0.2, 0.25) is 0 Å². The Labute approximate surface area is 222 Å². The fourth-order valence-electron chi connectivity index (χ4n) is 5.10. The summed E-state index contributed by atoms with van der Waals surface area (Å²) in [7, 11) is -2.10. The second-order valence-corrected chi connectivity index (χ2v) is 11.7. The molecule has 10 nitrogen and oxygen atoms in total. The third-order valence-corrected chi connectivity index (χ3v) is 9.19. The van der Waals surface area contributed by atoms with E-state index < -0.39 is 21.7 Å². The topological polar surface area (TPSA) is 115 Å². The molecular weight excluding hydrogens is 510 g/mol. The predicted octanol–water partition coefficient (Wildman–Crippen LogP) is 3.46. The summed E-state index contributed by atoms with van der Waals surface area (Å²) in [5.41, 5.74) is 3.04. The summed E-state index contributed by atoms with van der Waals surface area (Å²) in [5.74, 6) is 0.797. The van der Waals surface area contributed by atoms with E-state index in [1.165, 1.54) is 23.5 Å². The van der Waals surface area contributed by atoms with Crippen LogP contribution in [-0.2, 0) is 30.9 Å². The van der Waals surface area contributed by atoms with Crippen molar-refractivity contribution in [3.8, 4) is 5.75 Å². The lowest BCUT2D eigenvalue weighted by atomic mass is 9.93. The highest BCUT2D eigenvalue weighted by Crippen LogP contribution is 2.34. The number of hydrogen-bond acceptors (Lipinski definition) is 8. The van der Waals surface area contributed by atoms with Crippen molar-refractivity contribution >= 4 is 16.1 Å². The second-order valence-electron chi connectivity index (χ2n) is 9.76. The molecule has 2 aromatic carbocycles. The van der Waals surface area contributed by atoms with E-state index in [9.17, 15) is 13.2 Å². The first-order valence-electron chi connectivity index (χ1n) is 12.8. The Kier molecular flexibility index (Phi) is 7.89. The maximum atomic E-state index is 13.0. The number of sulfonamides is 1. The van der Waals surface area contributed by atoms with Crippen molar-refractivity contribution in [2.45, 2.75) is 61.4 Å². The summed E-state index contributed by atoms with van der Waals surface area (Å²) in [6.07, 6.45) is 4.57. The van der Waals surface area contributed by atoms with E-state index in [4.69, 9.17) is 19.0 Å². The summed E-state index contributed by atoms with van der Waals surface area (Å²) >= 11 is 0. The lowest BCUT2D eigenvalue weighted by Crippen LogP contribution is -2.46. The van der Waals surface area contributed by atoms with Gasteiger partial charge in [0.1, 0.15) is 11.4 Å². The van der Waals surface area contributed by atoms with Crippen LogP contribution < -0.4 is 15.5 Å². The zero-order valence-electron chi connectivity index (χ0n) is 21.3. The maximum absolute atomic E-state index is 13.0. The largest absolute Gasteiger partial charge is 0.497 e. The van der Waals surface area contributed by atoms with E-state index >= 15 is 0 Å². The van der Waals surface area contributed by atoms with Crippen LogP contribution in [0.3, 0.4) is 0 Å². The third-order valence-electron chi connectivity index (χ3n) is 7.28. The van der Waals surface area contributed by atoms with Gasteiger partial charge in [-0.2, -0.15) is 4.31 Å². The van der Waals surface area contributed by atoms with Gasteiger partial charge in [0.25, 0.3) is 0 Å². The van der Waals surface area contributed by atoms with E-state index in [0.717, 1.165) is 24.8 Å². The van der Waals surface area contributed by atoms with E-state index in [-0.39, 0.29) is 36.0 Å². The van der Waals surface area contributed by atoms with Crippen LogP contribution in [0.1, 0.15) is 37.7 Å². The van der Waals surface area contributed by atoms with E-state index in [1.807, 2.05) is 30.3 Å². The van der Waals surface area contributed by atoms with Crippen LogP contribution in [0.4, 0.5) is 4.79 Å². The Morgan fingerprint density at radius 3 is 2.55 bits per heavy atom. The van der Waals surface area contributed by atoms with Gasteiger partial charge in [0.05, 0.1) is 30.8 Å². The van der Waals surface area contributed by atoms with Crippen LogP contribution in [0.25, 0.3) is 0 Å². The van der Waals surface area contributed by atoms with Crippen molar-refractivity contribution in [1.82, 2.24) is 15.1 Å². The van der Waals surface area contributed by atoms with Crippen molar-refractivity contribution in [3.05, 3.63) is 72.1 Å². The molecule has 2 atom stereocenters. The molecule has 3 aliphatic rings. The highest BCUT2D eigenvalue weighted by atomic mass is 32.2. The number of methoxy groups -OCH3 is 1. The summed E-state index contributed by atoms with van der Waals surface area (Å²) in [5, 5.41) is 2.92. The van der Waals surface area contributed by atoms with E-state index in [0.29, 0.717) is 25.2 Å². The zero-order chi connectivity index (χ0) is 26.6. The summed E-state index contributed by atoms with van der Waals surface area (Å²) < 4.78 is 44.2. The number of rotatable bonds is 8. The number of nitrogens with one attached hydrogen (secondary N) is 2. The molecule has 2 fully saturated rings. The molecular formula is C27H33N3O7S. The van der Waals surface area contributed by atoms with Crippen molar-refractivity contribution in [2.75, 3.05) is 20.2 Å². The lowest BCUT2D eigenvalue weighted by Gasteiger charge is -2.35. The van der Waals surface area contributed by atoms with Crippen molar-refractivity contribution in [1.29, 1.82) is 0 Å². The number of alkyl carbamates (subject to hydrolysis) is 1. The molecule has 2 heterocycles. The Hall–Kier alpha value is -3.12. The van der Waals surface area contributed by atoms with Gasteiger partial charge in [-0.05, 0) is 61.9 Å². The Morgan fingerprint density at radius 2 is 1.84 bits per heavy atom. The zero-order valence-corrected chi connectivity index (χ0v) is 22.1. The van der Waals surface area contributed by atoms with Crippen molar-refractivity contribution in [3.63, 3.8) is 0 Å². The Morgan fingerprint density at radius 1 is 1.11 bits per heavy atom. The molecule has 0 radical (unpaired) electrons. The molecule has 0 bridgehead atoms. The van der Waals surface area contributed by atoms with E-state index in [1.54, 1.807) is 18.2 Å². The van der Waals surface area contributed by atoms with Gasteiger partial charge < -0.3 is 19.5 Å². The molecule has 204 valence electrons. The first-order chi connectivity index (χ1) is 18.4. The lowest BCUT2D eigenvalue weighted by molar-refractivity contribution is -0.0730. The molecule has 5 rings (SSSR count). The number of nitrogens with zero attached hydrogens (tertiary/aromatic N) is 1. The van der Waals surface area contributed by atoms with Gasteiger partial charge >= 0.3 is 6.09 Å². The molecule has 11 heteroatoms. The van der Waals surface area contributed by atoms with Crippen LogP contribution in [0, 0.1) is 0 Å². The van der Waals surface area contributed by atoms with Crippen LogP contribution in [0.15, 0.2) is 71.5 Å². The quantitative estimate of drug-likeness (QED) is 0.520. The van der Waals surface area contributed by atoms with Gasteiger partial charge in [0.15, 0.2) is 0 Å².